The van der Waals surface area contributed by atoms with E-state index in [2.05, 4.69) is 34.6 Å². The summed E-state index contributed by atoms with van der Waals surface area (Å²) in [7, 11) is 0. The van der Waals surface area contributed by atoms with E-state index >= 15 is 0 Å². The molecule has 0 aliphatic heterocycles. The number of rotatable bonds is 8. The quantitative estimate of drug-likeness (QED) is 0.216. The minimum absolute atomic E-state index is 0.186. The second-order valence-electron chi connectivity index (χ2n) is 9.01. The summed E-state index contributed by atoms with van der Waals surface area (Å²) in [5.74, 6) is 0.321. The summed E-state index contributed by atoms with van der Waals surface area (Å²) in [5.41, 5.74) is 8.24. The predicted octanol–water partition coefficient (Wildman–Crippen LogP) is 5.47. The fourth-order valence-corrected chi connectivity index (χ4v) is 4.80. The van der Waals surface area contributed by atoms with E-state index in [1.807, 2.05) is 73.0 Å². The molecule has 0 saturated carbocycles. The van der Waals surface area contributed by atoms with Crippen LogP contribution < -0.4 is 15.7 Å². The van der Waals surface area contributed by atoms with Crippen LogP contribution in [0.3, 0.4) is 0 Å². The molecular weight excluding hydrogens is 496 g/mol. The molecule has 0 bridgehead atoms. The van der Waals surface area contributed by atoms with Gasteiger partial charge in [0.1, 0.15) is 23.7 Å². The minimum atomic E-state index is -0.422. The highest BCUT2D eigenvalue weighted by atomic mass is 32.1. The Morgan fingerprint density at radius 1 is 1.00 bits per heavy atom. The normalized spacial score (nSPS) is 11.2. The molecule has 5 rings (SSSR count). The lowest BCUT2D eigenvalue weighted by Crippen LogP contribution is -2.30. The van der Waals surface area contributed by atoms with Gasteiger partial charge in [-0.25, -0.2) is 10.4 Å². The van der Waals surface area contributed by atoms with Crippen molar-refractivity contribution in [2.75, 3.05) is 0 Å². The molecule has 1 amide bonds. The molecule has 0 atom stereocenters. The Hall–Kier alpha value is -4.56. The smallest absolute Gasteiger partial charge is 0.263 e. The maximum absolute atomic E-state index is 13.2. The minimum Gasteiger partial charge on any atom is -0.489 e. The van der Waals surface area contributed by atoms with Gasteiger partial charge in [0, 0.05) is 10.9 Å². The first-order chi connectivity index (χ1) is 18.5. The van der Waals surface area contributed by atoms with Crippen LogP contribution in [0.4, 0.5) is 0 Å². The number of carbonyl (C=O) groups is 1. The Kier molecular flexibility index (Phi) is 7.42. The van der Waals surface area contributed by atoms with E-state index in [4.69, 9.17) is 4.74 Å². The Labute approximate surface area is 224 Å². The van der Waals surface area contributed by atoms with Crippen molar-refractivity contribution in [3.8, 4) is 16.9 Å². The summed E-state index contributed by atoms with van der Waals surface area (Å²) in [6.45, 7) is 4.37. The van der Waals surface area contributed by atoms with Crippen LogP contribution in [0.2, 0.25) is 0 Å². The molecule has 190 valence electrons. The second kappa shape index (κ2) is 11.2. The van der Waals surface area contributed by atoms with Crippen molar-refractivity contribution >= 4 is 33.7 Å². The van der Waals surface area contributed by atoms with Gasteiger partial charge in [-0.1, -0.05) is 59.7 Å². The zero-order valence-electron chi connectivity index (χ0n) is 21.0. The highest BCUT2D eigenvalue weighted by molar-refractivity contribution is 7.17. The number of hydrogen-bond donors (Lipinski definition) is 1. The van der Waals surface area contributed by atoms with Crippen molar-refractivity contribution < 1.29 is 9.53 Å². The highest BCUT2D eigenvalue weighted by Gasteiger charge is 2.14. The molecular formula is C30H26N4O3S. The molecule has 38 heavy (non-hydrogen) atoms. The predicted molar refractivity (Wildman–Crippen MR) is 152 cm³/mol. The third kappa shape index (κ3) is 5.87. The molecule has 0 spiro atoms. The number of hydrogen-bond acceptors (Lipinski definition) is 6. The number of amides is 1. The third-order valence-electron chi connectivity index (χ3n) is 6.05. The fraction of sp³-hybridized carbons (Fsp3) is 0.133. The number of carbonyl (C=O) groups excluding carboxylic acids is 1. The molecule has 0 saturated heterocycles. The summed E-state index contributed by atoms with van der Waals surface area (Å²) in [5, 5.41) is 6.47. The van der Waals surface area contributed by atoms with Crippen LogP contribution in [0.25, 0.3) is 21.3 Å². The number of hydrazone groups is 1. The zero-order valence-corrected chi connectivity index (χ0v) is 21.9. The van der Waals surface area contributed by atoms with E-state index in [1.165, 1.54) is 27.8 Å². The molecule has 0 unspecified atom stereocenters. The number of thiophene rings is 1. The summed E-state index contributed by atoms with van der Waals surface area (Å²) in [6, 6.07) is 23.6. The van der Waals surface area contributed by atoms with E-state index in [0.29, 0.717) is 16.8 Å². The van der Waals surface area contributed by atoms with E-state index in [0.717, 1.165) is 33.6 Å². The molecule has 0 radical (unpaired) electrons. The Balaban J connectivity index is 1.19. The van der Waals surface area contributed by atoms with Crippen molar-refractivity contribution in [3.05, 3.63) is 117 Å². The van der Waals surface area contributed by atoms with Crippen LogP contribution in [0.15, 0.2) is 94.4 Å². The summed E-state index contributed by atoms with van der Waals surface area (Å²) in [6.07, 6.45) is 2.94. The largest absolute Gasteiger partial charge is 0.489 e. The van der Waals surface area contributed by atoms with Crippen LogP contribution in [0, 0.1) is 13.8 Å². The number of nitrogens with one attached hydrogen (secondary N) is 1. The fourth-order valence-electron chi connectivity index (χ4n) is 3.90. The number of aryl methyl sites for hydroxylation is 2. The molecule has 0 aliphatic rings. The van der Waals surface area contributed by atoms with Crippen LogP contribution in [-0.4, -0.2) is 21.7 Å². The molecule has 3 aromatic carbocycles. The Morgan fingerprint density at radius 2 is 1.68 bits per heavy atom. The maximum atomic E-state index is 13.2. The first-order valence-electron chi connectivity index (χ1n) is 12.1. The molecule has 1 N–H and O–H groups in total. The SMILES string of the molecule is Cc1ccc(COc2ccc(C=NNC(=O)Cn3cnc4scc(-c5ccc(C)cc5)c4c3=O)cc2)cc1. The average molecular weight is 523 g/mol. The van der Waals surface area contributed by atoms with Gasteiger partial charge in [0.15, 0.2) is 0 Å². The number of aromatic nitrogens is 2. The van der Waals surface area contributed by atoms with E-state index < -0.39 is 5.91 Å². The molecule has 5 aromatic rings. The van der Waals surface area contributed by atoms with E-state index in [9.17, 15) is 9.59 Å². The lowest BCUT2D eigenvalue weighted by Gasteiger charge is -2.07. The van der Waals surface area contributed by atoms with Gasteiger partial charge in [-0.3, -0.25) is 14.2 Å². The topological polar surface area (TPSA) is 85.6 Å². The Morgan fingerprint density at radius 3 is 2.39 bits per heavy atom. The van der Waals surface area contributed by atoms with Gasteiger partial charge in [0.05, 0.1) is 17.9 Å². The summed E-state index contributed by atoms with van der Waals surface area (Å²) >= 11 is 1.41. The van der Waals surface area contributed by atoms with Crippen molar-refractivity contribution in [1.82, 2.24) is 15.0 Å². The monoisotopic (exact) mass is 522 g/mol. The molecule has 0 fully saturated rings. The van der Waals surface area contributed by atoms with E-state index in [-0.39, 0.29) is 12.1 Å². The van der Waals surface area contributed by atoms with Crippen molar-refractivity contribution in [1.29, 1.82) is 0 Å². The second-order valence-corrected chi connectivity index (χ2v) is 9.87. The third-order valence-corrected chi connectivity index (χ3v) is 6.93. The molecule has 7 nitrogen and oxygen atoms in total. The van der Waals surface area contributed by atoms with Gasteiger partial charge in [0.2, 0.25) is 0 Å². The van der Waals surface area contributed by atoms with Gasteiger partial charge in [-0.2, -0.15) is 5.10 Å². The molecule has 2 aromatic heterocycles. The van der Waals surface area contributed by atoms with Gasteiger partial charge >= 0.3 is 0 Å². The van der Waals surface area contributed by atoms with E-state index in [1.54, 1.807) is 6.21 Å². The number of ether oxygens (including phenoxy) is 1. The van der Waals surface area contributed by atoms with Gasteiger partial charge in [0.25, 0.3) is 11.5 Å². The molecule has 2 heterocycles. The lowest BCUT2D eigenvalue weighted by atomic mass is 10.1. The molecule has 8 heteroatoms. The standard InChI is InChI=1S/C30H26N4O3S/c1-20-3-7-23(8-4-20)17-37-25-13-9-22(10-14-25)15-32-33-27(35)16-34-19-31-29-28(30(34)36)26(18-38-29)24-11-5-21(2)6-12-24/h3-15,18-19H,16-17H2,1-2H3,(H,33,35). The van der Waals surface area contributed by atoms with Crippen molar-refractivity contribution in [2.45, 2.75) is 27.0 Å². The highest BCUT2D eigenvalue weighted by Crippen LogP contribution is 2.30. The van der Waals surface area contributed by atoms with Crippen LogP contribution in [0.5, 0.6) is 5.75 Å². The lowest BCUT2D eigenvalue weighted by molar-refractivity contribution is -0.121. The van der Waals surface area contributed by atoms with Crippen LogP contribution in [-0.2, 0) is 17.9 Å². The van der Waals surface area contributed by atoms with Crippen LogP contribution in [0.1, 0.15) is 22.3 Å². The Bertz CT molecular complexity index is 1650. The first-order valence-corrected chi connectivity index (χ1v) is 13.0. The maximum Gasteiger partial charge on any atom is 0.263 e. The number of benzene rings is 3. The average Bonchev–Trinajstić information content (AvgIpc) is 3.36. The first kappa shape index (κ1) is 25.1. The van der Waals surface area contributed by atoms with Gasteiger partial charge in [-0.05, 0) is 54.8 Å². The molecule has 0 aliphatic carbocycles. The summed E-state index contributed by atoms with van der Waals surface area (Å²) in [4.78, 5) is 30.7. The van der Waals surface area contributed by atoms with Crippen LogP contribution >= 0.6 is 11.3 Å². The van der Waals surface area contributed by atoms with Gasteiger partial charge in [-0.15, -0.1) is 11.3 Å². The van der Waals surface area contributed by atoms with Crippen molar-refractivity contribution in [3.63, 3.8) is 0 Å². The zero-order chi connectivity index (χ0) is 26.5. The van der Waals surface area contributed by atoms with Crippen molar-refractivity contribution in [2.24, 2.45) is 5.10 Å². The number of fused-ring (bicyclic) bond motifs is 1. The summed E-state index contributed by atoms with van der Waals surface area (Å²) < 4.78 is 7.13. The number of nitrogens with zero attached hydrogens (tertiary/aromatic N) is 3. The van der Waals surface area contributed by atoms with Gasteiger partial charge < -0.3 is 4.74 Å².